The van der Waals surface area contributed by atoms with E-state index in [1.165, 1.54) is 0 Å². The molecule has 0 spiro atoms. The van der Waals surface area contributed by atoms with Gasteiger partial charge in [0.25, 0.3) is 0 Å². The summed E-state index contributed by atoms with van der Waals surface area (Å²) >= 11 is 0. The number of esters is 2. The third-order valence-electron chi connectivity index (χ3n) is 10.4. The minimum atomic E-state index is -0.952. The largest absolute Gasteiger partial charge is 0.483 e. The summed E-state index contributed by atoms with van der Waals surface area (Å²) in [5.41, 5.74) is 2.63. The molecule has 48 heavy (non-hydrogen) atoms. The van der Waals surface area contributed by atoms with Gasteiger partial charge in [-0.05, 0) is 119 Å². The molecule has 4 aliphatic heterocycles. The van der Waals surface area contributed by atoms with Gasteiger partial charge in [0.05, 0.1) is 0 Å². The van der Waals surface area contributed by atoms with Gasteiger partial charge in [0.15, 0.2) is 11.2 Å². The number of carbonyl (C=O) groups is 4. The molecule has 0 aromatic carbocycles. The number of cyclic esters (lactones) is 2. The number of Topliss-reactive ketones (excluding diaryl/α,β-unsaturated/α-hetero) is 1. The van der Waals surface area contributed by atoms with Gasteiger partial charge >= 0.3 is 11.9 Å². The Bertz CT molecular complexity index is 1560. The van der Waals surface area contributed by atoms with Gasteiger partial charge in [-0.1, -0.05) is 22.3 Å². The molecule has 0 N–H and O–H groups in total. The summed E-state index contributed by atoms with van der Waals surface area (Å²) in [5, 5.41) is 0. The van der Waals surface area contributed by atoms with Gasteiger partial charge in [0.1, 0.15) is 23.7 Å². The molecule has 0 aromatic heterocycles. The zero-order chi connectivity index (χ0) is 35.0. The van der Waals surface area contributed by atoms with E-state index in [-0.39, 0.29) is 41.6 Å². The monoisotopic (exact) mass is 660 g/mol. The summed E-state index contributed by atoms with van der Waals surface area (Å²) in [6, 6.07) is 0. The summed E-state index contributed by atoms with van der Waals surface area (Å²) in [6.45, 7) is 15.3. The molecule has 8 nitrogen and oxygen atoms in total. The van der Waals surface area contributed by atoms with Gasteiger partial charge in [-0.3, -0.25) is 9.59 Å². The highest BCUT2D eigenvalue weighted by Gasteiger charge is 2.55. The Labute approximate surface area is 285 Å². The van der Waals surface area contributed by atoms with Gasteiger partial charge in [0, 0.05) is 48.0 Å². The average Bonchev–Trinajstić information content (AvgIpc) is 3.37. The van der Waals surface area contributed by atoms with Crippen molar-refractivity contribution >= 4 is 23.5 Å². The summed E-state index contributed by atoms with van der Waals surface area (Å²) in [5.74, 6) is 0.811. The highest BCUT2D eigenvalue weighted by Crippen LogP contribution is 2.57. The molecule has 4 heterocycles. The number of hydrogen-bond acceptors (Lipinski definition) is 8. The van der Waals surface area contributed by atoms with E-state index >= 15 is 0 Å². The van der Waals surface area contributed by atoms with Crippen LogP contribution in [0.1, 0.15) is 120 Å². The van der Waals surface area contributed by atoms with E-state index < -0.39 is 16.6 Å². The van der Waals surface area contributed by atoms with Crippen LogP contribution in [0, 0.1) is 11.3 Å². The summed E-state index contributed by atoms with van der Waals surface area (Å²) in [7, 11) is 0. The Morgan fingerprint density at radius 2 is 1.35 bits per heavy atom. The molecule has 4 atom stereocenters. The van der Waals surface area contributed by atoms with Crippen LogP contribution in [0.4, 0.5) is 0 Å². The molecule has 0 saturated carbocycles. The Balaban J connectivity index is 1.36. The van der Waals surface area contributed by atoms with Crippen LogP contribution in [-0.2, 0) is 38.1 Å². The zero-order valence-electron chi connectivity index (χ0n) is 30.0. The summed E-state index contributed by atoms with van der Waals surface area (Å²) in [4.78, 5) is 50.7. The van der Waals surface area contributed by atoms with Crippen molar-refractivity contribution in [2.75, 3.05) is 0 Å². The van der Waals surface area contributed by atoms with E-state index in [1.54, 1.807) is 32.1 Å². The lowest BCUT2D eigenvalue weighted by Gasteiger charge is -2.42. The maximum atomic E-state index is 13.8. The number of allylic oxidation sites excluding steroid dienone is 4. The number of ketones is 2. The van der Waals surface area contributed by atoms with Crippen molar-refractivity contribution in [2.24, 2.45) is 11.3 Å². The normalized spacial score (nSPS) is 30.2. The quantitative estimate of drug-likeness (QED) is 0.162. The molecule has 0 fully saturated rings. The molecule has 0 aromatic rings. The summed E-state index contributed by atoms with van der Waals surface area (Å²) < 4.78 is 23.9. The highest BCUT2D eigenvalue weighted by atomic mass is 16.5. The second-order valence-electron chi connectivity index (χ2n) is 15.7. The fraction of sp³-hybridized carbons (Fsp3) is 0.600. The first kappa shape index (κ1) is 35.6. The fourth-order valence-electron chi connectivity index (χ4n) is 7.90. The van der Waals surface area contributed by atoms with Crippen LogP contribution in [0.25, 0.3) is 0 Å². The lowest BCUT2D eigenvalue weighted by molar-refractivity contribution is -0.143. The van der Waals surface area contributed by atoms with Crippen molar-refractivity contribution in [3.8, 4) is 0 Å². The van der Waals surface area contributed by atoms with E-state index in [4.69, 9.17) is 18.9 Å². The molecule has 0 bridgehead atoms. The zero-order valence-corrected chi connectivity index (χ0v) is 30.0. The van der Waals surface area contributed by atoms with E-state index in [0.29, 0.717) is 31.4 Å². The van der Waals surface area contributed by atoms with Crippen LogP contribution in [0.3, 0.4) is 0 Å². The molecule has 5 rings (SSSR count). The molecular formula is C40H52O8. The third-order valence-corrected chi connectivity index (χ3v) is 10.4. The Morgan fingerprint density at radius 3 is 1.88 bits per heavy atom. The minimum Gasteiger partial charge on any atom is -0.483 e. The van der Waals surface area contributed by atoms with Crippen molar-refractivity contribution in [1.29, 1.82) is 0 Å². The van der Waals surface area contributed by atoms with E-state index in [0.717, 1.165) is 72.1 Å². The standard InChI is InChI=1S/C40H52O8/c1-24(15-29-17-26(3)19-34(42)45-29)11-9-13-28-22-40(33-21-32(41)38(5,6)47-33,23-31-36(28)48-39(7,8)37(31)44)14-10-12-25(2)16-30-18-27(4)20-35(43)46-30/h15-16,19-21,28-30H,9-14,17-18,22-23H2,1-8H3/t28-,29-,30-,40+/m1/s1. The number of hydrogen-bond donors (Lipinski definition) is 0. The van der Waals surface area contributed by atoms with Crippen LogP contribution < -0.4 is 0 Å². The maximum absolute atomic E-state index is 13.8. The summed E-state index contributed by atoms with van der Waals surface area (Å²) in [6.07, 6.45) is 15.8. The van der Waals surface area contributed by atoms with Crippen LogP contribution in [0.2, 0.25) is 0 Å². The van der Waals surface area contributed by atoms with Gasteiger partial charge < -0.3 is 18.9 Å². The first-order chi connectivity index (χ1) is 22.5. The first-order valence-electron chi connectivity index (χ1n) is 17.5. The molecule has 0 amide bonds. The van der Waals surface area contributed by atoms with Gasteiger partial charge in [0.2, 0.25) is 11.6 Å². The third kappa shape index (κ3) is 7.95. The van der Waals surface area contributed by atoms with Crippen molar-refractivity contribution in [3.05, 3.63) is 69.8 Å². The molecule has 8 heteroatoms. The predicted octanol–water partition coefficient (Wildman–Crippen LogP) is 8.03. The van der Waals surface area contributed by atoms with Gasteiger partial charge in [-0.15, -0.1) is 0 Å². The minimum absolute atomic E-state index is 0.00740. The second-order valence-corrected chi connectivity index (χ2v) is 15.7. The van der Waals surface area contributed by atoms with E-state index in [9.17, 15) is 19.2 Å². The van der Waals surface area contributed by atoms with Crippen molar-refractivity contribution in [2.45, 2.75) is 143 Å². The number of rotatable bonds is 11. The van der Waals surface area contributed by atoms with Gasteiger partial charge in [-0.2, -0.15) is 0 Å². The molecule has 0 saturated heterocycles. The van der Waals surface area contributed by atoms with Crippen molar-refractivity contribution < 1.29 is 38.1 Å². The predicted molar refractivity (Wildman–Crippen MR) is 182 cm³/mol. The number of ether oxygens (including phenoxy) is 4. The SMILES string of the molecule is CC(=C[C@@H]1CC(C)=CC(=O)O1)CCC[C@@H]1C[C@](CCCC(C)=C[C@@H]2CC(C)=CC(=O)O2)(C2=CC(=O)C(C)(C)O2)CC2=C1OC(C)(C)C2=O. The first-order valence-corrected chi connectivity index (χ1v) is 17.5. The smallest absolute Gasteiger partial charge is 0.331 e. The van der Waals surface area contributed by atoms with Crippen LogP contribution in [-0.4, -0.2) is 46.9 Å². The molecular weight excluding hydrogens is 608 g/mol. The lowest BCUT2D eigenvalue weighted by Crippen LogP contribution is -2.36. The molecule has 1 aliphatic carbocycles. The van der Waals surface area contributed by atoms with Crippen LogP contribution in [0.5, 0.6) is 0 Å². The maximum Gasteiger partial charge on any atom is 0.331 e. The Hall–Kier alpha value is -3.68. The van der Waals surface area contributed by atoms with E-state index in [1.807, 2.05) is 33.8 Å². The van der Waals surface area contributed by atoms with Crippen molar-refractivity contribution in [1.82, 2.24) is 0 Å². The molecule has 0 radical (unpaired) electrons. The lowest BCUT2D eigenvalue weighted by atomic mass is 9.64. The number of carbonyl (C=O) groups excluding carboxylic acids is 4. The Kier molecular flexibility index (Phi) is 10.1. The fourth-order valence-corrected chi connectivity index (χ4v) is 7.90. The van der Waals surface area contributed by atoms with Crippen molar-refractivity contribution in [3.63, 3.8) is 0 Å². The highest BCUT2D eigenvalue weighted by molar-refractivity contribution is 6.04. The average molecular weight is 661 g/mol. The molecule has 260 valence electrons. The topological polar surface area (TPSA) is 105 Å². The molecule has 0 unspecified atom stereocenters. The van der Waals surface area contributed by atoms with Crippen LogP contribution >= 0.6 is 0 Å². The van der Waals surface area contributed by atoms with Gasteiger partial charge in [-0.25, -0.2) is 9.59 Å². The van der Waals surface area contributed by atoms with E-state index in [2.05, 4.69) is 19.9 Å². The van der Waals surface area contributed by atoms with Crippen LogP contribution in [0.15, 0.2) is 69.8 Å². The molecule has 5 aliphatic rings. The Morgan fingerprint density at radius 1 is 0.792 bits per heavy atom. The second kappa shape index (κ2) is 13.7.